The predicted molar refractivity (Wildman–Crippen MR) is 77.0 cm³/mol. The molecule has 18 heavy (non-hydrogen) atoms. The van der Waals surface area contributed by atoms with Gasteiger partial charge in [0.15, 0.2) is 0 Å². The van der Waals surface area contributed by atoms with E-state index >= 15 is 0 Å². The highest BCUT2D eigenvalue weighted by Crippen LogP contribution is 2.16. The normalized spacial score (nSPS) is 12.7. The largest absolute Gasteiger partial charge is 0.312 e. The molecule has 4 heteroatoms. The van der Waals surface area contributed by atoms with E-state index in [0.717, 1.165) is 24.2 Å². The lowest BCUT2D eigenvalue weighted by Crippen LogP contribution is -2.20. The number of benzene rings is 1. The Labute approximate surface area is 110 Å². The average Bonchev–Trinajstić information content (AvgIpc) is 2.43. The summed E-state index contributed by atoms with van der Waals surface area (Å²) in [6, 6.07) is 8.24. The highest BCUT2D eigenvalue weighted by Gasteiger charge is 2.01. The van der Waals surface area contributed by atoms with Crippen molar-refractivity contribution in [2.75, 3.05) is 18.1 Å². The minimum absolute atomic E-state index is 0.690. The minimum Gasteiger partial charge on any atom is -0.312 e. The molecule has 0 aliphatic carbocycles. The van der Waals surface area contributed by atoms with Crippen LogP contribution in [0.3, 0.4) is 0 Å². The van der Waals surface area contributed by atoms with Crippen molar-refractivity contribution in [2.24, 2.45) is 0 Å². The Kier molecular flexibility index (Phi) is 4.84. The standard InChI is InChI=1S/C14H18N2OS/c1-2-18(17)8-7-15-10-13-11-16-9-12-5-3-4-6-14(12)13/h3-6,9,11,15H,2,7-8,10H2,1H3. The lowest BCUT2D eigenvalue weighted by molar-refractivity contribution is 0.674. The summed E-state index contributed by atoms with van der Waals surface area (Å²) < 4.78 is 11.3. The van der Waals surface area contributed by atoms with Gasteiger partial charge in [-0.3, -0.25) is 9.19 Å². The van der Waals surface area contributed by atoms with Crippen LogP contribution in [0, 0.1) is 0 Å². The van der Waals surface area contributed by atoms with Crippen LogP contribution in [0.4, 0.5) is 0 Å². The van der Waals surface area contributed by atoms with E-state index in [0.29, 0.717) is 5.75 Å². The van der Waals surface area contributed by atoms with Gasteiger partial charge in [0.2, 0.25) is 0 Å². The molecule has 1 N–H and O–H groups in total. The van der Waals surface area contributed by atoms with E-state index in [1.807, 2.05) is 31.5 Å². The molecule has 1 heterocycles. The second-order valence-corrected chi connectivity index (χ2v) is 5.99. The number of rotatable bonds is 6. The highest BCUT2D eigenvalue weighted by molar-refractivity contribution is 7.84. The van der Waals surface area contributed by atoms with Crippen molar-refractivity contribution >= 4 is 21.6 Å². The third kappa shape index (κ3) is 3.37. The molecular weight excluding hydrogens is 244 g/mol. The summed E-state index contributed by atoms with van der Waals surface area (Å²) in [5.74, 6) is 1.45. The summed E-state index contributed by atoms with van der Waals surface area (Å²) in [4.78, 5) is 4.24. The molecule has 1 aromatic heterocycles. The summed E-state index contributed by atoms with van der Waals surface area (Å²) in [5.41, 5.74) is 1.19. The van der Waals surface area contributed by atoms with Crippen molar-refractivity contribution in [3.8, 4) is 0 Å². The van der Waals surface area contributed by atoms with Gasteiger partial charge in [0.25, 0.3) is 0 Å². The third-order valence-electron chi connectivity index (χ3n) is 2.89. The van der Waals surface area contributed by atoms with Gasteiger partial charge in [-0.1, -0.05) is 31.2 Å². The molecule has 96 valence electrons. The molecule has 0 saturated carbocycles. The summed E-state index contributed by atoms with van der Waals surface area (Å²) in [6.07, 6.45) is 3.77. The first-order valence-electron chi connectivity index (χ1n) is 6.18. The van der Waals surface area contributed by atoms with E-state index in [9.17, 15) is 4.21 Å². The maximum absolute atomic E-state index is 11.3. The Hall–Kier alpha value is -1.26. The van der Waals surface area contributed by atoms with Crippen molar-refractivity contribution in [3.05, 3.63) is 42.2 Å². The van der Waals surface area contributed by atoms with Gasteiger partial charge in [-0.2, -0.15) is 0 Å². The average molecular weight is 262 g/mol. The fourth-order valence-electron chi connectivity index (χ4n) is 1.87. The van der Waals surface area contributed by atoms with Gasteiger partial charge >= 0.3 is 0 Å². The van der Waals surface area contributed by atoms with Crippen LogP contribution in [0.5, 0.6) is 0 Å². The zero-order chi connectivity index (χ0) is 12.8. The molecule has 1 aromatic carbocycles. The van der Waals surface area contributed by atoms with Crippen LogP contribution in [-0.2, 0) is 17.3 Å². The molecule has 1 atom stereocenters. The van der Waals surface area contributed by atoms with E-state index in [2.05, 4.69) is 22.4 Å². The van der Waals surface area contributed by atoms with Crippen LogP contribution in [0.1, 0.15) is 12.5 Å². The number of nitrogens with one attached hydrogen (secondary N) is 1. The Morgan fingerprint density at radius 1 is 1.28 bits per heavy atom. The Bertz CT molecular complexity index is 537. The molecule has 0 aliphatic heterocycles. The van der Waals surface area contributed by atoms with Crippen molar-refractivity contribution in [3.63, 3.8) is 0 Å². The fourth-order valence-corrected chi connectivity index (χ4v) is 2.53. The molecule has 0 spiro atoms. The molecular formula is C14H18N2OS. The third-order valence-corrected chi connectivity index (χ3v) is 4.20. The van der Waals surface area contributed by atoms with Gasteiger partial charge in [0.05, 0.1) is 0 Å². The lowest BCUT2D eigenvalue weighted by atomic mass is 10.1. The van der Waals surface area contributed by atoms with Gasteiger partial charge in [-0.05, 0) is 10.9 Å². The molecule has 0 fully saturated rings. The van der Waals surface area contributed by atoms with Gasteiger partial charge in [-0.15, -0.1) is 0 Å². The molecule has 0 saturated heterocycles. The van der Waals surface area contributed by atoms with Crippen LogP contribution in [0.2, 0.25) is 0 Å². The van der Waals surface area contributed by atoms with Crippen LogP contribution < -0.4 is 5.32 Å². The zero-order valence-corrected chi connectivity index (χ0v) is 11.4. The van der Waals surface area contributed by atoms with Gasteiger partial charge < -0.3 is 5.32 Å². The van der Waals surface area contributed by atoms with Crippen molar-refractivity contribution in [2.45, 2.75) is 13.5 Å². The highest BCUT2D eigenvalue weighted by atomic mass is 32.2. The fraction of sp³-hybridized carbons (Fsp3) is 0.357. The summed E-state index contributed by atoms with van der Waals surface area (Å²) in [7, 11) is -0.690. The molecule has 1 unspecified atom stereocenters. The number of hydrogen-bond donors (Lipinski definition) is 1. The van der Waals surface area contributed by atoms with Gasteiger partial charge in [0, 0.05) is 53.2 Å². The summed E-state index contributed by atoms with van der Waals surface area (Å²) in [5, 5.41) is 5.72. The number of aromatic nitrogens is 1. The summed E-state index contributed by atoms with van der Waals surface area (Å²) in [6.45, 7) is 3.50. The first kappa shape index (κ1) is 13.2. The Morgan fingerprint density at radius 3 is 2.94 bits per heavy atom. The molecule has 0 bridgehead atoms. The number of fused-ring (bicyclic) bond motifs is 1. The van der Waals surface area contributed by atoms with Gasteiger partial charge in [0.1, 0.15) is 0 Å². The van der Waals surface area contributed by atoms with E-state index in [1.54, 1.807) is 0 Å². The second-order valence-electron chi connectivity index (χ2n) is 4.13. The maximum Gasteiger partial charge on any atom is 0.0360 e. The molecule has 2 aromatic rings. The Balaban J connectivity index is 1.97. The first-order chi connectivity index (χ1) is 8.81. The Morgan fingerprint density at radius 2 is 2.11 bits per heavy atom. The van der Waals surface area contributed by atoms with E-state index in [1.165, 1.54) is 10.9 Å². The number of pyridine rings is 1. The van der Waals surface area contributed by atoms with Gasteiger partial charge in [-0.25, -0.2) is 0 Å². The maximum atomic E-state index is 11.3. The van der Waals surface area contributed by atoms with Crippen molar-refractivity contribution in [1.29, 1.82) is 0 Å². The molecule has 3 nitrogen and oxygen atoms in total. The topological polar surface area (TPSA) is 42.0 Å². The second kappa shape index (κ2) is 6.61. The molecule has 0 radical (unpaired) electrons. The number of nitrogens with zero attached hydrogens (tertiary/aromatic N) is 1. The smallest absolute Gasteiger partial charge is 0.0360 e. The predicted octanol–water partition coefficient (Wildman–Crippen LogP) is 2.09. The molecule has 2 rings (SSSR count). The van der Waals surface area contributed by atoms with Crippen LogP contribution >= 0.6 is 0 Å². The van der Waals surface area contributed by atoms with Crippen molar-refractivity contribution < 1.29 is 4.21 Å². The van der Waals surface area contributed by atoms with Crippen LogP contribution in [0.25, 0.3) is 10.8 Å². The first-order valence-corrected chi connectivity index (χ1v) is 7.67. The lowest BCUT2D eigenvalue weighted by Gasteiger charge is -2.07. The number of hydrogen-bond acceptors (Lipinski definition) is 3. The molecule has 0 amide bonds. The van der Waals surface area contributed by atoms with E-state index < -0.39 is 10.8 Å². The summed E-state index contributed by atoms with van der Waals surface area (Å²) >= 11 is 0. The van der Waals surface area contributed by atoms with Crippen LogP contribution in [-0.4, -0.2) is 27.2 Å². The zero-order valence-electron chi connectivity index (χ0n) is 10.6. The quantitative estimate of drug-likeness (QED) is 0.811. The minimum atomic E-state index is -0.690. The van der Waals surface area contributed by atoms with Crippen LogP contribution in [0.15, 0.2) is 36.7 Å². The molecule has 0 aliphatic rings. The monoisotopic (exact) mass is 262 g/mol. The SMILES string of the molecule is CCS(=O)CCNCc1cncc2ccccc12. The van der Waals surface area contributed by atoms with E-state index in [4.69, 9.17) is 0 Å². The van der Waals surface area contributed by atoms with Crippen molar-refractivity contribution in [1.82, 2.24) is 10.3 Å². The van der Waals surface area contributed by atoms with E-state index in [-0.39, 0.29) is 0 Å².